The molecule has 0 nitrogen and oxygen atoms in total. The Morgan fingerprint density at radius 1 is 1.64 bits per heavy atom. The van der Waals surface area contributed by atoms with Gasteiger partial charge in [0.25, 0.3) is 0 Å². The molecule has 0 amide bonds. The topological polar surface area (TPSA) is 0 Å². The van der Waals surface area contributed by atoms with E-state index in [1.807, 2.05) is 0 Å². The Hall–Kier alpha value is -0.430. The zero-order chi connectivity index (χ0) is 8.69. The molecule has 0 heterocycles. The van der Waals surface area contributed by atoms with Gasteiger partial charge in [0, 0.05) is 0 Å². The molecular weight excluding hydrogens is 152 g/mol. The molecule has 0 bridgehead atoms. The molecule has 0 aromatic rings. The number of rotatable bonds is 4. The molecule has 0 aliphatic heterocycles. The molecule has 1 heteroatoms. The molecule has 0 aliphatic rings. The van der Waals surface area contributed by atoms with Crippen LogP contribution in [0.15, 0.2) is 35.8 Å². The summed E-state index contributed by atoms with van der Waals surface area (Å²) in [5, 5.41) is 0. The molecule has 0 rings (SSSR count). The first-order chi connectivity index (χ1) is 5.20. The van der Waals surface area contributed by atoms with Crippen LogP contribution in [0.5, 0.6) is 0 Å². The third-order valence-electron chi connectivity index (χ3n) is 1.32. The Morgan fingerprint density at radius 3 is 2.73 bits per heavy atom. The van der Waals surface area contributed by atoms with E-state index in [1.54, 1.807) is 6.08 Å². The van der Waals surface area contributed by atoms with Crippen LogP contribution in [0.4, 0.5) is 0 Å². The molecule has 0 fully saturated rings. The second-order valence-electron chi connectivity index (χ2n) is 2.49. The normalized spacial score (nSPS) is 15.4. The number of allylic oxidation sites excluding steroid dienone is 4. The first kappa shape index (κ1) is 10.6. The molecule has 0 radical (unpaired) electrons. The van der Waals surface area contributed by atoms with E-state index in [2.05, 4.69) is 51.3 Å². The predicted molar refractivity (Wildman–Crippen MR) is 55.9 cm³/mol. The lowest BCUT2D eigenvalue weighted by Crippen LogP contribution is -1.82. The van der Waals surface area contributed by atoms with E-state index >= 15 is 0 Å². The summed E-state index contributed by atoms with van der Waals surface area (Å²) in [6, 6.07) is 0. The molecule has 0 N–H and O–H groups in total. The van der Waals surface area contributed by atoms with E-state index in [0.717, 1.165) is 11.3 Å². The SMILES string of the molecule is C=C/C(S)=C\C(C)/C=C\CC. The Bertz CT molecular complexity index is 166. The van der Waals surface area contributed by atoms with Gasteiger partial charge >= 0.3 is 0 Å². The van der Waals surface area contributed by atoms with Gasteiger partial charge in [-0.25, -0.2) is 0 Å². The fourth-order valence-corrected chi connectivity index (χ4v) is 0.979. The summed E-state index contributed by atoms with van der Waals surface area (Å²) in [4.78, 5) is 0.943. The molecule has 0 spiro atoms. The third kappa shape index (κ3) is 5.99. The molecule has 1 atom stereocenters. The van der Waals surface area contributed by atoms with E-state index in [-0.39, 0.29) is 0 Å². The summed E-state index contributed by atoms with van der Waals surface area (Å²) >= 11 is 4.20. The van der Waals surface area contributed by atoms with E-state index in [0.29, 0.717) is 5.92 Å². The minimum atomic E-state index is 0.459. The van der Waals surface area contributed by atoms with Crippen LogP contribution in [0.3, 0.4) is 0 Å². The quantitative estimate of drug-likeness (QED) is 0.370. The van der Waals surface area contributed by atoms with Crippen molar-refractivity contribution in [1.82, 2.24) is 0 Å². The van der Waals surface area contributed by atoms with Crippen molar-refractivity contribution in [3.8, 4) is 0 Å². The standard InChI is InChI=1S/C10H16S/c1-4-6-7-9(3)8-10(11)5-2/h5-9,11H,2,4H2,1,3H3/b7-6-,10-8+. The average Bonchev–Trinajstić information content (AvgIpc) is 2.00. The van der Waals surface area contributed by atoms with E-state index < -0.39 is 0 Å². The second-order valence-corrected chi connectivity index (χ2v) is 3.01. The molecule has 62 valence electrons. The van der Waals surface area contributed by atoms with Gasteiger partial charge in [0.15, 0.2) is 0 Å². The van der Waals surface area contributed by atoms with Crippen LogP contribution < -0.4 is 0 Å². The van der Waals surface area contributed by atoms with Gasteiger partial charge in [-0.2, -0.15) is 0 Å². The fraction of sp³-hybridized carbons (Fsp3) is 0.400. The van der Waals surface area contributed by atoms with Gasteiger partial charge in [-0.1, -0.05) is 44.7 Å². The van der Waals surface area contributed by atoms with Crippen molar-refractivity contribution in [2.24, 2.45) is 5.92 Å². The lowest BCUT2D eigenvalue weighted by molar-refractivity contribution is 0.928. The largest absolute Gasteiger partial charge is 0.144 e. The van der Waals surface area contributed by atoms with Crippen molar-refractivity contribution >= 4 is 12.6 Å². The number of thiol groups is 1. The average molecular weight is 168 g/mol. The summed E-state index contributed by atoms with van der Waals surface area (Å²) in [6.45, 7) is 7.88. The van der Waals surface area contributed by atoms with Crippen LogP contribution in [-0.2, 0) is 0 Å². The van der Waals surface area contributed by atoms with Crippen molar-refractivity contribution in [1.29, 1.82) is 0 Å². The van der Waals surface area contributed by atoms with Gasteiger partial charge in [0.2, 0.25) is 0 Å². The lowest BCUT2D eigenvalue weighted by Gasteiger charge is -1.97. The minimum absolute atomic E-state index is 0.459. The maximum absolute atomic E-state index is 4.20. The monoisotopic (exact) mass is 168 g/mol. The summed E-state index contributed by atoms with van der Waals surface area (Å²) in [7, 11) is 0. The van der Waals surface area contributed by atoms with Crippen molar-refractivity contribution in [2.75, 3.05) is 0 Å². The van der Waals surface area contributed by atoms with Crippen LogP contribution in [-0.4, -0.2) is 0 Å². The smallest absolute Gasteiger partial charge is 0.00000555 e. The summed E-state index contributed by atoms with van der Waals surface area (Å²) in [6.07, 6.45) is 9.24. The highest BCUT2D eigenvalue weighted by Gasteiger charge is 1.90. The number of hydrogen-bond acceptors (Lipinski definition) is 1. The Morgan fingerprint density at radius 2 is 2.27 bits per heavy atom. The van der Waals surface area contributed by atoms with Gasteiger partial charge in [-0.3, -0.25) is 0 Å². The van der Waals surface area contributed by atoms with Gasteiger partial charge in [0.1, 0.15) is 0 Å². The molecule has 11 heavy (non-hydrogen) atoms. The highest BCUT2D eigenvalue weighted by Crippen LogP contribution is 2.08. The molecule has 0 saturated carbocycles. The van der Waals surface area contributed by atoms with E-state index in [9.17, 15) is 0 Å². The van der Waals surface area contributed by atoms with Crippen molar-refractivity contribution in [3.63, 3.8) is 0 Å². The van der Waals surface area contributed by atoms with Crippen LogP contribution in [0, 0.1) is 5.92 Å². The fourth-order valence-electron chi connectivity index (χ4n) is 0.744. The van der Waals surface area contributed by atoms with Gasteiger partial charge in [-0.05, 0) is 17.2 Å². The van der Waals surface area contributed by atoms with Gasteiger partial charge < -0.3 is 0 Å². The highest BCUT2D eigenvalue weighted by atomic mass is 32.1. The van der Waals surface area contributed by atoms with Crippen molar-refractivity contribution in [3.05, 3.63) is 35.8 Å². The zero-order valence-corrected chi connectivity index (χ0v) is 8.14. The second kappa shape index (κ2) is 6.29. The highest BCUT2D eigenvalue weighted by molar-refractivity contribution is 7.84. The first-order valence-corrected chi connectivity index (χ1v) is 4.35. The molecular formula is C10H16S. The minimum Gasteiger partial charge on any atom is -0.144 e. The first-order valence-electron chi connectivity index (χ1n) is 3.90. The van der Waals surface area contributed by atoms with Gasteiger partial charge in [0.05, 0.1) is 0 Å². The van der Waals surface area contributed by atoms with E-state index in [1.165, 1.54) is 0 Å². The predicted octanol–water partition coefficient (Wildman–Crippen LogP) is 3.59. The Kier molecular flexibility index (Phi) is 6.05. The zero-order valence-electron chi connectivity index (χ0n) is 7.25. The maximum atomic E-state index is 4.20. The number of hydrogen-bond donors (Lipinski definition) is 1. The van der Waals surface area contributed by atoms with E-state index in [4.69, 9.17) is 0 Å². The van der Waals surface area contributed by atoms with Crippen LogP contribution in [0.2, 0.25) is 0 Å². The summed E-state index contributed by atoms with van der Waals surface area (Å²) in [5.74, 6) is 0.459. The Balaban J connectivity index is 3.94. The van der Waals surface area contributed by atoms with Crippen LogP contribution in [0.25, 0.3) is 0 Å². The van der Waals surface area contributed by atoms with Crippen molar-refractivity contribution < 1.29 is 0 Å². The van der Waals surface area contributed by atoms with Crippen LogP contribution in [0.1, 0.15) is 20.3 Å². The van der Waals surface area contributed by atoms with Crippen LogP contribution >= 0.6 is 12.6 Å². The lowest BCUT2D eigenvalue weighted by atomic mass is 10.1. The maximum Gasteiger partial charge on any atom is -0.00000555 e. The van der Waals surface area contributed by atoms with Crippen molar-refractivity contribution in [2.45, 2.75) is 20.3 Å². The Labute approximate surface area is 75.1 Å². The summed E-state index contributed by atoms with van der Waals surface area (Å²) < 4.78 is 0. The third-order valence-corrected chi connectivity index (χ3v) is 1.65. The van der Waals surface area contributed by atoms with Gasteiger partial charge in [-0.15, -0.1) is 12.6 Å². The molecule has 0 aliphatic carbocycles. The summed E-state index contributed by atoms with van der Waals surface area (Å²) in [5.41, 5.74) is 0. The molecule has 1 unspecified atom stereocenters. The molecule has 0 saturated heterocycles. The molecule has 0 aromatic carbocycles. The molecule has 0 aromatic heterocycles.